The Bertz CT molecular complexity index is 394. The second-order valence-corrected chi connectivity index (χ2v) is 4.91. The van der Waals surface area contributed by atoms with Crippen molar-refractivity contribution in [1.29, 1.82) is 0 Å². The number of hydrogen-bond acceptors (Lipinski definition) is 3. The van der Waals surface area contributed by atoms with Crippen LogP contribution < -0.4 is 10.6 Å². The molecule has 19 heavy (non-hydrogen) atoms. The number of hydrogen-bond donors (Lipinski definition) is 2. The molecular formula is C15H22N2O2. The molecule has 1 aromatic carbocycles. The molecule has 0 aromatic heterocycles. The van der Waals surface area contributed by atoms with Crippen molar-refractivity contribution >= 4 is 11.6 Å². The highest BCUT2D eigenvalue weighted by Gasteiger charge is 2.26. The van der Waals surface area contributed by atoms with Gasteiger partial charge in [0.05, 0.1) is 12.6 Å². The highest BCUT2D eigenvalue weighted by Crippen LogP contribution is 2.22. The predicted molar refractivity (Wildman–Crippen MR) is 76.1 cm³/mol. The Labute approximate surface area is 114 Å². The van der Waals surface area contributed by atoms with Crippen molar-refractivity contribution in [1.82, 2.24) is 5.32 Å². The van der Waals surface area contributed by atoms with Gasteiger partial charge in [-0.1, -0.05) is 25.1 Å². The molecule has 1 aliphatic rings. The summed E-state index contributed by atoms with van der Waals surface area (Å²) in [5.74, 6) is 0.535. The standard InChI is InChI=1S/C15H22N2O2/c1-2-14-12(8-9-19-14)10-16-11-15(18)17-13-6-4-3-5-7-13/h3-7,12,14,16H,2,8-11H2,1H3,(H,17,18). The topological polar surface area (TPSA) is 50.4 Å². The Kier molecular flexibility index (Phi) is 5.36. The van der Waals surface area contributed by atoms with Crippen molar-refractivity contribution in [3.05, 3.63) is 30.3 Å². The first kappa shape index (κ1) is 14.0. The molecular weight excluding hydrogens is 240 g/mol. The van der Waals surface area contributed by atoms with Crippen LogP contribution >= 0.6 is 0 Å². The molecule has 1 saturated heterocycles. The largest absolute Gasteiger partial charge is 0.378 e. The predicted octanol–water partition coefficient (Wildman–Crippen LogP) is 2.03. The monoisotopic (exact) mass is 262 g/mol. The van der Waals surface area contributed by atoms with Gasteiger partial charge in [0.15, 0.2) is 0 Å². The van der Waals surface area contributed by atoms with Crippen LogP contribution in [0.4, 0.5) is 5.69 Å². The van der Waals surface area contributed by atoms with Crippen LogP contribution in [-0.2, 0) is 9.53 Å². The van der Waals surface area contributed by atoms with E-state index in [0.717, 1.165) is 31.7 Å². The second-order valence-electron chi connectivity index (χ2n) is 4.91. The average Bonchev–Trinajstić information content (AvgIpc) is 2.87. The fourth-order valence-electron chi connectivity index (χ4n) is 2.48. The van der Waals surface area contributed by atoms with E-state index in [1.165, 1.54) is 0 Å². The average molecular weight is 262 g/mol. The number of amides is 1. The quantitative estimate of drug-likeness (QED) is 0.824. The van der Waals surface area contributed by atoms with Crippen molar-refractivity contribution < 1.29 is 9.53 Å². The summed E-state index contributed by atoms with van der Waals surface area (Å²) in [5, 5.41) is 6.08. The Morgan fingerprint density at radius 1 is 1.37 bits per heavy atom. The Morgan fingerprint density at radius 2 is 2.16 bits per heavy atom. The third kappa shape index (κ3) is 4.33. The number of anilines is 1. The summed E-state index contributed by atoms with van der Waals surface area (Å²) in [4.78, 5) is 11.7. The van der Waals surface area contributed by atoms with Gasteiger partial charge >= 0.3 is 0 Å². The molecule has 2 unspecified atom stereocenters. The van der Waals surface area contributed by atoms with E-state index in [1.807, 2.05) is 30.3 Å². The maximum absolute atomic E-state index is 11.7. The van der Waals surface area contributed by atoms with Crippen LogP contribution in [-0.4, -0.2) is 31.7 Å². The number of benzene rings is 1. The summed E-state index contributed by atoms with van der Waals surface area (Å²) in [6.45, 7) is 4.19. The van der Waals surface area contributed by atoms with E-state index in [0.29, 0.717) is 18.6 Å². The van der Waals surface area contributed by atoms with E-state index in [-0.39, 0.29) is 5.91 Å². The first-order valence-electron chi connectivity index (χ1n) is 6.97. The molecule has 0 saturated carbocycles. The lowest BCUT2D eigenvalue weighted by Gasteiger charge is -2.17. The minimum Gasteiger partial charge on any atom is -0.378 e. The van der Waals surface area contributed by atoms with Gasteiger partial charge in [-0.2, -0.15) is 0 Å². The molecule has 1 heterocycles. The summed E-state index contributed by atoms with van der Waals surface area (Å²) in [5.41, 5.74) is 0.838. The maximum Gasteiger partial charge on any atom is 0.238 e. The van der Waals surface area contributed by atoms with Gasteiger partial charge in [0.1, 0.15) is 0 Å². The van der Waals surface area contributed by atoms with Crippen molar-refractivity contribution in [2.75, 3.05) is 25.0 Å². The first-order valence-corrected chi connectivity index (χ1v) is 6.97. The number of nitrogens with one attached hydrogen (secondary N) is 2. The molecule has 1 aliphatic heterocycles. The van der Waals surface area contributed by atoms with Crippen molar-refractivity contribution in [2.45, 2.75) is 25.9 Å². The van der Waals surface area contributed by atoms with Crippen molar-refractivity contribution in [2.24, 2.45) is 5.92 Å². The molecule has 0 spiro atoms. The van der Waals surface area contributed by atoms with E-state index in [9.17, 15) is 4.79 Å². The second kappa shape index (κ2) is 7.26. The summed E-state index contributed by atoms with van der Waals surface area (Å²) in [6, 6.07) is 9.51. The first-order chi connectivity index (χ1) is 9.29. The van der Waals surface area contributed by atoms with Crippen LogP contribution in [0, 0.1) is 5.92 Å². The number of para-hydroxylation sites is 1. The van der Waals surface area contributed by atoms with Crippen molar-refractivity contribution in [3.8, 4) is 0 Å². The highest BCUT2D eigenvalue weighted by molar-refractivity contribution is 5.92. The highest BCUT2D eigenvalue weighted by atomic mass is 16.5. The number of rotatable bonds is 6. The van der Waals surface area contributed by atoms with Gasteiger partial charge in [-0.25, -0.2) is 0 Å². The molecule has 0 bridgehead atoms. The van der Waals surface area contributed by atoms with Gasteiger partial charge in [-0.3, -0.25) is 4.79 Å². The molecule has 1 amide bonds. The van der Waals surface area contributed by atoms with Gasteiger partial charge in [-0.15, -0.1) is 0 Å². The zero-order valence-electron chi connectivity index (χ0n) is 11.4. The molecule has 4 nitrogen and oxygen atoms in total. The minimum atomic E-state index is -0.00170. The van der Waals surface area contributed by atoms with Gasteiger partial charge < -0.3 is 15.4 Å². The van der Waals surface area contributed by atoms with Crippen LogP contribution in [0.3, 0.4) is 0 Å². The van der Waals surface area contributed by atoms with E-state index in [4.69, 9.17) is 4.74 Å². The summed E-state index contributed by atoms with van der Waals surface area (Å²) in [7, 11) is 0. The minimum absolute atomic E-state index is 0.00170. The lowest BCUT2D eigenvalue weighted by atomic mass is 10.00. The summed E-state index contributed by atoms with van der Waals surface area (Å²) < 4.78 is 5.63. The van der Waals surface area contributed by atoms with Crippen LogP contribution in [0.15, 0.2) is 30.3 Å². The molecule has 2 atom stereocenters. The van der Waals surface area contributed by atoms with Gasteiger partial charge in [0.2, 0.25) is 5.91 Å². The fourth-order valence-corrected chi connectivity index (χ4v) is 2.48. The molecule has 0 radical (unpaired) electrons. The summed E-state index contributed by atoms with van der Waals surface area (Å²) in [6.07, 6.45) is 2.48. The van der Waals surface area contributed by atoms with Crippen LogP contribution in [0.1, 0.15) is 19.8 Å². The zero-order valence-corrected chi connectivity index (χ0v) is 11.4. The maximum atomic E-state index is 11.7. The van der Waals surface area contributed by atoms with Crippen LogP contribution in [0.2, 0.25) is 0 Å². The van der Waals surface area contributed by atoms with Crippen LogP contribution in [0.5, 0.6) is 0 Å². The molecule has 1 aromatic rings. The zero-order chi connectivity index (χ0) is 13.5. The number of carbonyl (C=O) groups is 1. The van der Waals surface area contributed by atoms with E-state index < -0.39 is 0 Å². The van der Waals surface area contributed by atoms with Crippen LogP contribution in [0.25, 0.3) is 0 Å². The van der Waals surface area contributed by atoms with E-state index in [1.54, 1.807) is 0 Å². The molecule has 2 N–H and O–H groups in total. The molecule has 1 fully saturated rings. The van der Waals surface area contributed by atoms with Crippen molar-refractivity contribution in [3.63, 3.8) is 0 Å². The molecule has 104 valence electrons. The van der Waals surface area contributed by atoms with Gasteiger partial charge in [0, 0.05) is 18.8 Å². The number of carbonyl (C=O) groups excluding carboxylic acids is 1. The normalized spacial score (nSPS) is 22.4. The lowest BCUT2D eigenvalue weighted by Crippen LogP contribution is -2.34. The SMILES string of the molecule is CCC1OCCC1CNCC(=O)Nc1ccccc1. The fraction of sp³-hybridized carbons (Fsp3) is 0.533. The Hall–Kier alpha value is -1.39. The third-order valence-corrected chi connectivity index (χ3v) is 3.50. The Morgan fingerprint density at radius 3 is 2.89 bits per heavy atom. The summed E-state index contributed by atoms with van der Waals surface area (Å²) >= 11 is 0. The smallest absolute Gasteiger partial charge is 0.238 e. The van der Waals surface area contributed by atoms with Gasteiger partial charge in [-0.05, 0) is 30.9 Å². The van der Waals surface area contributed by atoms with Gasteiger partial charge in [0.25, 0.3) is 0 Å². The molecule has 2 rings (SSSR count). The number of ether oxygens (including phenoxy) is 1. The Balaban J connectivity index is 1.67. The lowest BCUT2D eigenvalue weighted by molar-refractivity contribution is -0.115. The third-order valence-electron chi connectivity index (χ3n) is 3.50. The molecule has 0 aliphatic carbocycles. The van der Waals surface area contributed by atoms with E-state index in [2.05, 4.69) is 17.6 Å². The molecule has 4 heteroatoms. The van der Waals surface area contributed by atoms with E-state index >= 15 is 0 Å².